The van der Waals surface area contributed by atoms with Crippen LogP contribution in [0.4, 0.5) is 0 Å². The molecule has 7 nitrogen and oxygen atoms in total. The standard InChI is InChI=1S/C22H23N3O4/c1-14(2)21-20(15(3)25-29-21)22(27)24-23-19(26)13-28-18-12-8-7-11-17(18)16-9-5-4-6-10-16/h4-12,14H,13H2,1-3H3,(H,23,26)(H,24,27). The molecule has 1 aromatic heterocycles. The number of carbonyl (C=O) groups is 2. The number of aryl methyl sites for hydroxylation is 1. The molecule has 0 aliphatic carbocycles. The molecule has 29 heavy (non-hydrogen) atoms. The first-order chi connectivity index (χ1) is 14.0. The van der Waals surface area contributed by atoms with Crippen molar-refractivity contribution in [3.05, 3.63) is 71.6 Å². The van der Waals surface area contributed by atoms with Crippen molar-refractivity contribution in [1.29, 1.82) is 0 Å². The predicted octanol–water partition coefficient (Wildman–Crippen LogP) is 3.61. The van der Waals surface area contributed by atoms with Gasteiger partial charge in [0.1, 0.15) is 11.3 Å². The zero-order valence-electron chi connectivity index (χ0n) is 16.6. The van der Waals surface area contributed by atoms with E-state index in [1.807, 2.05) is 62.4 Å². The van der Waals surface area contributed by atoms with Crippen LogP contribution in [0.1, 0.15) is 41.6 Å². The summed E-state index contributed by atoms with van der Waals surface area (Å²) in [7, 11) is 0. The highest BCUT2D eigenvalue weighted by atomic mass is 16.5. The van der Waals surface area contributed by atoms with Gasteiger partial charge < -0.3 is 9.26 Å². The fourth-order valence-corrected chi connectivity index (χ4v) is 2.87. The monoisotopic (exact) mass is 393 g/mol. The smallest absolute Gasteiger partial charge is 0.276 e. The van der Waals surface area contributed by atoms with Crippen molar-refractivity contribution in [2.45, 2.75) is 26.7 Å². The first-order valence-electron chi connectivity index (χ1n) is 9.30. The summed E-state index contributed by atoms with van der Waals surface area (Å²) in [5.74, 6) is 0.0804. The van der Waals surface area contributed by atoms with Gasteiger partial charge in [-0.25, -0.2) is 0 Å². The Morgan fingerprint density at radius 2 is 1.72 bits per heavy atom. The van der Waals surface area contributed by atoms with Gasteiger partial charge in [0.2, 0.25) is 0 Å². The molecule has 3 aromatic rings. The predicted molar refractivity (Wildman–Crippen MR) is 108 cm³/mol. The molecule has 0 spiro atoms. The van der Waals surface area contributed by atoms with Crippen LogP contribution in [0.3, 0.4) is 0 Å². The zero-order chi connectivity index (χ0) is 20.8. The maximum atomic E-state index is 12.4. The Morgan fingerprint density at radius 3 is 2.45 bits per heavy atom. The van der Waals surface area contributed by atoms with Crippen LogP contribution in [0, 0.1) is 6.92 Å². The fraction of sp³-hybridized carbons (Fsp3) is 0.227. The normalized spacial score (nSPS) is 10.6. The van der Waals surface area contributed by atoms with Crippen molar-refractivity contribution in [3.63, 3.8) is 0 Å². The van der Waals surface area contributed by atoms with Crippen molar-refractivity contribution in [1.82, 2.24) is 16.0 Å². The fourth-order valence-electron chi connectivity index (χ4n) is 2.87. The van der Waals surface area contributed by atoms with E-state index in [0.717, 1.165) is 11.1 Å². The molecule has 2 amide bonds. The van der Waals surface area contributed by atoms with Crippen LogP contribution < -0.4 is 15.6 Å². The van der Waals surface area contributed by atoms with Crippen molar-refractivity contribution in [2.24, 2.45) is 0 Å². The van der Waals surface area contributed by atoms with Crippen molar-refractivity contribution in [2.75, 3.05) is 6.61 Å². The molecular weight excluding hydrogens is 370 g/mol. The molecule has 2 N–H and O–H groups in total. The van der Waals surface area contributed by atoms with Gasteiger partial charge >= 0.3 is 0 Å². The molecule has 0 fully saturated rings. The number of nitrogens with one attached hydrogen (secondary N) is 2. The summed E-state index contributed by atoms with van der Waals surface area (Å²) in [6.45, 7) is 5.22. The minimum absolute atomic E-state index is 0.00882. The Labute approximate surface area is 169 Å². The molecule has 0 unspecified atom stereocenters. The molecule has 0 aliphatic rings. The van der Waals surface area contributed by atoms with Crippen LogP contribution in [-0.4, -0.2) is 23.6 Å². The summed E-state index contributed by atoms with van der Waals surface area (Å²) in [5.41, 5.74) is 7.41. The number of hydrazine groups is 1. The quantitative estimate of drug-likeness (QED) is 0.624. The Balaban J connectivity index is 1.59. The van der Waals surface area contributed by atoms with Gasteiger partial charge in [-0.05, 0) is 18.6 Å². The Hall–Kier alpha value is -3.61. The van der Waals surface area contributed by atoms with E-state index in [0.29, 0.717) is 22.8 Å². The van der Waals surface area contributed by atoms with Crippen LogP contribution >= 0.6 is 0 Å². The van der Waals surface area contributed by atoms with Gasteiger partial charge in [-0.15, -0.1) is 0 Å². The number of para-hydroxylation sites is 1. The van der Waals surface area contributed by atoms with Crippen LogP contribution in [-0.2, 0) is 4.79 Å². The Bertz CT molecular complexity index is 996. The Morgan fingerprint density at radius 1 is 1.03 bits per heavy atom. The molecule has 0 bridgehead atoms. The summed E-state index contributed by atoms with van der Waals surface area (Å²) in [4.78, 5) is 24.6. The number of rotatable bonds is 6. The number of amides is 2. The molecule has 0 aliphatic heterocycles. The van der Waals surface area contributed by atoms with Gasteiger partial charge in [0.25, 0.3) is 11.8 Å². The maximum absolute atomic E-state index is 12.4. The molecule has 0 radical (unpaired) electrons. The van der Waals surface area contributed by atoms with Crippen LogP contribution in [0.15, 0.2) is 59.1 Å². The van der Waals surface area contributed by atoms with Crippen molar-refractivity contribution < 1.29 is 18.8 Å². The molecule has 2 aromatic carbocycles. The number of hydrogen-bond acceptors (Lipinski definition) is 5. The minimum Gasteiger partial charge on any atom is -0.483 e. The van der Waals surface area contributed by atoms with Gasteiger partial charge in [-0.2, -0.15) is 0 Å². The van der Waals surface area contributed by atoms with Crippen LogP contribution in [0.25, 0.3) is 11.1 Å². The van der Waals surface area contributed by atoms with Gasteiger partial charge in [0, 0.05) is 11.5 Å². The van der Waals surface area contributed by atoms with E-state index in [9.17, 15) is 9.59 Å². The lowest BCUT2D eigenvalue weighted by atomic mass is 10.0. The van der Waals surface area contributed by atoms with Gasteiger partial charge in [-0.1, -0.05) is 67.5 Å². The highest BCUT2D eigenvalue weighted by Crippen LogP contribution is 2.29. The summed E-state index contributed by atoms with van der Waals surface area (Å²) in [5, 5.41) is 3.83. The number of hydrogen-bond donors (Lipinski definition) is 2. The molecule has 150 valence electrons. The van der Waals surface area contributed by atoms with Crippen molar-refractivity contribution in [3.8, 4) is 16.9 Å². The number of ether oxygens (including phenoxy) is 1. The Kier molecular flexibility index (Phi) is 6.29. The topological polar surface area (TPSA) is 93.5 Å². The van der Waals surface area contributed by atoms with E-state index in [1.54, 1.807) is 13.0 Å². The second kappa shape index (κ2) is 9.05. The van der Waals surface area contributed by atoms with E-state index in [2.05, 4.69) is 16.0 Å². The molecule has 0 saturated heterocycles. The SMILES string of the molecule is Cc1noc(C(C)C)c1C(=O)NNC(=O)COc1ccccc1-c1ccccc1. The summed E-state index contributed by atoms with van der Waals surface area (Å²) < 4.78 is 10.9. The average molecular weight is 393 g/mol. The second-order valence-corrected chi connectivity index (χ2v) is 6.82. The number of carbonyl (C=O) groups excluding carboxylic acids is 2. The molecular formula is C22H23N3O4. The second-order valence-electron chi connectivity index (χ2n) is 6.82. The zero-order valence-corrected chi connectivity index (χ0v) is 16.6. The third kappa shape index (κ3) is 4.82. The lowest BCUT2D eigenvalue weighted by Gasteiger charge is -2.12. The molecule has 1 heterocycles. The van der Waals surface area contributed by atoms with Crippen molar-refractivity contribution >= 4 is 11.8 Å². The lowest BCUT2D eigenvalue weighted by molar-refractivity contribution is -0.123. The number of benzene rings is 2. The third-order valence-electron chi connectivity index (χ3n) is 4.29. The van der Waals surface area contributed by atoms with Gasteiger partial charge in [0.15, 0.2) is 12.4 Å². The largest absolute Gasteiger partial charge is 0.483 e. The van der Waals surface area contributed by atoms with Gasteiger partial charge in [-0.3, -0.25) is 20.4 Å². The first kappa shape index (κ1) is 20.1. The summed E-state index contributed by atoms with van der Waals surface area (Å²) in [6.07, 6.45) is 0. The highest BCUT2D eigenvalue weighted by molar-refractivity contribution is 5.97. The van der Waals surface area contributed by atoms with Gasteiger partial charge in [0.05, 0.1) is 5.69 Å². The van der Waals surface area contributed by atoms with E-state index in [4.69, 9.17) is 9.26 Å². The lowest BCUT2D eigenvalue weighted by Crippen LogP contribution is -2.44. The summed E-state index contributed by atoms with van der Waals surface area (Å²) in [6, 6.07) is 17.2. The van der Waals surface area contributed by atoms with E-state index >= 15 is 0 Å². The number of nitrogens with zero attached hydrogens (tertiary/aromatic N) is 1. The van der Waals surface area contributed by atoms with Crippen LogP contribution in [0.5, 0.6) is 5.75 Å². The molecule has 0 atom stereocenters. The minimum atomic E-state index is -0.485. The third-order valence-corrected chi connectivity index (χ3v) is 4.29. The molecule has 3 rings (SSSR count). The summed E-state index contributed by atoms with van der Waals surface area (Å²) >= 11 is 0. The van der Waals surface area contributed by atoms with E-state index in [-0.39, 0.29) is 12.5 Å². The first-order valence-corrected chi connectivity index (χ1v) is 9.30. The molecule has 0 saturated carbocycles. The van der Waals surface area contributed by atoms with E-state index in [1.165, 1.54) is 0 Å². The highest BCUT2D eigenvalue weighted by Gasteiger charge is 2.22. The average Bonchev–Trinajstić information content (AvgIpc) is 3.13. The number of aromatic nitrogens is 1. The van der Waals surface area contributed by atoms with Crippen LogP contribution in [0.2, 0.25) is 0 Å². The maximum Gasteiger partial charge on any atom is 0.276 e. The molecule has 7 heteroatoms. The van der Waals surface area contributed by atoms with E-state index < -0.39 is 11.8 Å².